The molecule has 1 amide bonds. The highest BCUT2D eigenvalue weighted by atomic mass is 16.5. The number of carbonyl (C=O) groups is 1. The Bertz CT molecular complexity index is 624. The highest BCUT2D eigenvalue weighted by molar-refractivity contribution is 5.92. The molecule has 0 bridgehead atoms. The van der Waals surface area contributed by atoms with Crippen molar-refractivity contribution < 1.29 is 9.53 Å². The molecule has 0 aromatic heterocycles. The van der Waals surface area contributed by atoms with Crippen LogP contribution >= 0.6 is 0 Å². The largest absolute Gasteiger partial charge is 0.495 e. The summed E-state index contributed by atoms with van der Waals surface area (Å²) in [4.78, 5) is 13.5. The summed E-state index contributed by atoms with van der Waals surface area (Å²) in [6, 6.07) is 16.0. The molecule has 1 radical (unpaired) electrons. The zero-order valence-electron chi connectivity index (χ0n) is 13.0. The number of methoxy groups -OCH3 is 1. The average molecular weight is 298 g/mol. The van der Waals surface area contributed by atoms with E-state index in [1.54, 1.807) is 13.2 Å². The van der Waals surface area contributed by atoms with E-state index in [1.165, 1.54) is 0 Å². The number of amides is 1. The van der Waals surface area contributed by atoms with Gasteiger partial charge >= 0.3 is 0 Å². The van der Waals surface area contributed by atoms with E-state index in [9.17, 15) is 4.79 Å². The van der Waals surface area contributed by atoms with Crippen LogP contribution < -0.4 is 15.4 Å². The van der Waals surface area contributed by atoms with E-state index >= 15 is 0 Å². The van der Waals surface area contributed by atoms with Crippen molar-refractivity contribution in [3.63, 3.8) is 0 Å². The second-order valence-electron chi connectivity index (χ2n) is 5.11. The van der Waals surface area contributed by atoms with E-state index in [0.29, 0.717) is 6.54 Å². The lowest BCUT2D eigenvalue weighted by Crippen LogP contribution is -2.27. The average Bonchev–Trinajstić information content (AvgIpc) is 2.49. The molecule has 2 aromatic carbocycles. The lowest BCUT2D eigenvalue weighted by Gasteiger charge is -2.12. The Morgan fingerprint density at radius 1 is 1.18 bits per heavy atom. The third-order valence-electron chi connectivity index (χ3n) is 2.95. The minimum atomic E-state index is -0.0361. The maximum atomic E-state index is 11.7. The number of nitrogens with zero attached hydrogens (tertiary/aromatic N) is 1. The third kappa shape index (κ3) is 4.49. The number of likely N-dealkylation sites (N-methyl/N-ethyl adjacent to an activating group) is 1. The molecule has 0 unspecified atom stereocenters. The van der Waals surface area contributed by atoms with Crippen molar-refractivity contribution in [2.75, 3.05) is 38.4 Å². The minimum Gasteiger partial charge on any atom is -0.495 e. The number of anilines is 3. The number of hydrogen-bond acceptors (Lipinski definition) is 4. The van der Waals surface area contributed by atoms with E-state index in [0.717, 1.165) is 22.8 Å². The second-order valence-corrected chi connectivity index (χ2v) is 5.11. The van der Waals surface area contributed by atoms with E-state index in [4.69, 9.17) is 4.74 Å². The zero-order chi connectivity index (χ0) is 15.9. The first-order valence-corrected chi connectivity index (χ1v) is 6.94. The van der Waals surface area contributed by atoms with Crippen molar-refractivity contribution in [2.45, 2.75) is 0 Å². The van der Waals surface area contributed by atoms with E-state index in [1.807, 2.05) is 55.4 Å². The van der Waals surface area contributed by atoms with Crippen LogP contribution in [0.1, 0.15) is 0 Å². The van der Waals surface area contributed by atoms with Crippen LogP contribution in [0.2, 0.25) is 0 Å². The molecule has 0 atom stereocenters. The Kier molecular flexibility index (Phi) is 5.38. The van der Waals surface area contributed by atoms with Gasteiger partial charge < -0.3 is 20.3 Å². The molecule has 0 heterocycles. The van der Waals surface area contributed by atoms with Gasteiger partial charge in [-0.15, -0.1) is 0 Å². The van der Waals surface area contributed by atoms with Crippen molar-refractivity contribution in [3.8, 4) is 5.75 Å². The fraction of sp³-hybridized carbons (Fsp3) is 0.235. The van der Waals surface area contributed by atoms with Gasteiger partial charge in [0.1, 0.15) is 5.75 Å². The fourth-order valence-electron chi connectivity index (χ4n) is 1.97. The van der Waals surface area contributed by atoms with Crippen molar-refractivity contribution in [1.82, 2.24) is 4.90 Å². The van der Waals surface area contributed by atoms with Crippen molar-refractivity contribution in [3.05, 3.63) is 48.5 Å². The molecule has 2 rings (SSSR count). The highest BCUT2D eigenvalue weighted by Gasteiger charge is 2.05. The monoisotopic (exact) mass is 298 g/mol. The van der Waals surface area contributed by atoms with Gasteiger partial charge in [-0.05, 0) is 56.6 Å². The molecule has 0 aliphatic heterocycles. The maximum absolute atomic E-state index is 11.7. The number of rotatable bonds is 6. The first-order chi connectivity index (χ1) is 10.6. The van der Waals surface area contributed by atoms with Gasteiger partial charge in [-0.2, -0.15) is 0 Å². The first kappa shape index (κ1) is 15.9. The van der Waals surface area contributed by atoms with Crippen molar-refractivity contribution in [2.24, 2.45) is 0 Å². The number of hydrogen-bond donors (Lipinski definition) is 2. The molecule has 5 heteroatoms. The smallest absolute Gasteiger partial charge is 0.238 e. The molecule has 0 spiro atoms. The van der Waals surface area contributed by atoms with Crippen LogP contribution in [0.15, 0.2) is 42.5 Å². The van der Waals surface area contributed by atoms with Crippen LogP contribution in [0.25, 0.3) is 0 Å². The summed E-state index contributed by atoms with van der Waals surface area (Å²) < 4.78 is 5.28. The predicted molar refractivity (Wildman–Crippen MR) is 88.7 cm³/mol. The Morgan fingerprint density at radius 3 is 2.50 bits per heavy atom. The van der Waals surface area contributed by atoms with Crippen LogP contribution in [0, 0.1) is 6.07 Å². The SMILES string of the molecule is COc1c[c]ccc1Nc1ccc(NC(=O)CN(C)C)cc1. The molecule has 0 fully saturated rings. The zero-order valence-corrected chi connectivity index (χ0v) is 13.0. The molecule has 2 N–H and O–H groups in total. The molecule has 0 saturated carbocycles. The summed E-state index contributed by atoms with van der Waals surface area (Å²) >= 11 is 0. The Balaban J connectivity index is 2.01. The maximum Gasteiger partial charge on any atom is 0.238 e. The summed E-state index contributed by atoms with van der Waals surface area (Å²) in [6.45, 7) is 0.359. The van der Waals surface area contributed by atoms with Crippen LogP contribution in [-0.2, 0) is 4.79 Å². The molecule has 2 aromatic rings. The van der Waals surface area contributed by atoms with Crippen LogP contribution in [0.5, 0.6) is 5.75 Å². The molecule has 22 heavy (non-hydrogen) atoms. The lowest BCUT2D eigenvalue weighted by molar-refractivity contribution is -0.116. The molecule has 5 nitrogen and oxygen atoms in total. The lowest BCUT2D eigenvalue weighted by atomic mass is 10.2. The normalized spacial score (nSPS) is 10.4. The van der Waals surface area contributed by atoms with Crippen molar-refractivity contribution >= 4 is 23.0 Å². The number of nitrogens with one attached hydrogen (secondary N) is 2. The number of ether oxygens (including phenoxy) is 1. The third-order valence-corrected chi connectivity index (χ3v) is 2.95. The molecule has 115 valence electrons. The Labute approximate surface area is 130 Å². The van der Waals surface area contributed by atoms with Gasteiger partial charge in [-0.1, -0.05) is 6.07 Å². The van der Waals surface area contributed by atoms with Crippen molar-refractivity contribution in [1.29, 1.82) is 0 Å². The summed E-state index contributed by atoms with van der Waals surface area (Å²) in [5.41, 5.74) is 2.55. The van der Waals surface area contributed by atoms with Gasteiger partial charge in [-0.25, -0.2) is 0 Å². The minimum absolute atomic E-state index is 0.0361. The van der Waals surface area contributed by atoms with Crippen LogP contribution in [0.4, 0.5) is 17.1 Å². The molecule has 0 saturated heterocycles. The summed E-state index contributed by atoms with van der Waals surface area (Å²) in [5, 5.41) is 6.12. The Morgan fingerprint density at radius 2 is 1.86 bits per heavy atom. The summed E-state index contributed by atoms with van der Waals surface area (Å²) in [6.07, 6.45) is 0. The van der Waals surface area contributed by atoms with Crippen LogP contribution in [0.3, 0.4) is 0 Å². The van der Waals surface area contributed by atoms with E-state index in [-0.39, 0.29) is 5.91 Å². The standard InChI is InChI=1S/C17H20N3O2/c1-20(2)12-17(21)19-14-10-8-13(9-11-14)18-15-6-4-5-7-16(15)22-3/h4,6-11,18H,12H2,1-3H3,(H,19,21). The summed E-state index contributed by atoms with van der Waals surface area (Å²) in [7, 11) is 5.34. The quantitative estimate of drug-likeness (QED) is 0.861. The first-order valence-electron chi connectivity index (χ1n) is 6.94. The predicted octanol–water partition coefficient (Wildman–Crippen LogP) is 2.74. The molecule has 0 aliphatic carbocycles. The molecule has 0 aliphatic rings. The van der Waals surface area contributed by atoms with Gasteiger partial charge in [-0.3, -0.25) is 4.79 Å². The fourth-order valence-corrected chi connectivity index (χ4v) is 1.97. The number of benzene rings is 2. The van der Waals surface area contributed by atoms with Gasteiger partial charge in [0, 0.05) is 11.4 Å². The molecular formula is C17H20N3O2. The van der Waals surface area contributed by atoms with Gasteiger partial charge in [0.25, 0.3) is 0 Å². The second kappa shape index (κ2) is 7.47. The van der Waals surface area contributed by atoms with Gasteiger partial charge in [0.15, 0.2) is 0 Å². The highest BCUT2D eigenvalue weighted by Crippen LogP contribution is 2.27. The molecular weight excluding hydrogens is 278 g/mol. The van der Waals surface area contributed by atoms with E-state index in [2.05, 4.69) is 16.7 Å². The topological polar surface area (TPSA) is 53.6 Å². The van der Waals surface area contributed by atoms with Crippen LogP contribution in [-0.4, -0.2) is 38.6 Å². The Hall–Kier alpha value is -2.53. The van der Waals surface area contributed by atoms with Gasteiger partial charge in [0.05, 0.1) is 19.3 Å². The summed E-state index contributed by atoms with van der Waals surface area (Å²) in [5.74, 6) is 0.692. The van der Waals surface area contributed by atoms with E-state index < -0.39 is 0 Å². The van der Waals surface area contributed by atoms with Gasteiger partial charge in [0.2, 0.25) is 5.91 Å². The number of carbonyl (C=O) groups excluding carboxylic acids is 1.